The Balaban J connectivity index is 1.18. The minimum atomic E-state index is 0.227. The quantitative estimate of drug-likeness (QED) is 0.756. The van der Waals surface area contributed by atoms with E-state index in [-0.39, 0.29) is 5.91 Å². The molecule has 7 heteroatoms. The number of carbonyl (C=O) groups is 1. The zero-order valence-corrected chi connectivity index (χ0v) is 17.7. The van der Waals surface area contributed by atoms with Gasteiger partial charge in [-0.25, -0.2) is 9.97 Å². The summed E-state index contributed by atoms with van der Waals surface area (Å²) in [5.41, 5.74) is 2.49. The zero-order chi connectivity index (χ0) is 20.5. The first-order valence-electron chi connectivity index (χ1n) is 10.7. The van der Waals surface area contributed by atoms with E-state index in [2.05, 4.69) is 38.0 Å². The molecule has 2 aromatic rings. The first-order chi connectivity index (χ1) is 14.7. The van der Waals surface area contributed by atoms with E-state index >= 15 is 0 Å². The van der Waals surface area contributed by atoms with E-state index < -0.39 is 0 Å². The predicted molar refractivity (Wildman–Crippen MR) is 118 cm³/mol. The summed E-state index contributed by atoms with van der Waals surface area (Å²) >= 11 is 5.99. The fourth-order valence-corrected chi connectivity index (χ4v) is 5.11. The summed E-state index contributed by atoms with van der Waals surface area (Å²) in [5.74, 6) is 1.05. The Morgan fingerprint density at radius 3 is 2.40 bits per heavy atom. The Labute approximate surface area is 182 Å². The van der Waals surface area contributed by atoms with Crippen molar-refractivity contribution in [3.8, 4) is 0 Å². The number of halogens is 1. The number of aromatic nitrogens is 2. The normalized spacial score (nSPS) is 24.1. The lowest BCUT2D eigenvalue weighted by molar-refractivity contribution is -0.132. The summed E-state index contributed by atoms with van der Waals surface area (Å²) in [6.07, 6.45) is 8.96. The molecule has 2 saturated heterocycles. The van der Waals surface area contributed by atoms with E-state index in [4.69, 9.17) is 11.6 Å². The predicted octanol–water partition coefficient (Wildman–Crippen LogP) is 3.10. The van der Waals surface area contributed by atoms with E-state index in [1.54, 1.807) is 12.4 Å². The van der Waals surface area contributed by atoms with Crippen LogP contribution in [-0.4, -0.2) is 70.5 Å². The Bertz CT molecular complexity index is 918. The summed E-state index contributed by atoms with van der Waals surface area (Å²) < 4.78 is 0. The molecule has 1 amide bonds. The average molecular weight is 424 g/mol. The number of benzene rings is 1. The number of piperazine rings is 1. The van der Waals surface area contributed by atoms with Crippen molar-refractivity contribution in [3.05, 3.63) is 59.4 Å². The highest BCUT2D eigenvalue weighted by Crippen LogP contribution is 2.33. The summed E-state index contributed by atoms with van der Waals surface area (Å²) in [7, 11) is 0. The minimum Gasteiger partial charge on any atom is -0.338 e. The van der Waals surface area contributed by atoms with E-state index in [0.717, 1.165) is 49.9 Å². The van der Waals surface area contributed by atoms with Crippen molar-refractivity contribution in [1.82, 2.24) is 19.8 Å². The third-order valence-electron chi connectivity index (χ3n) is 6.48. The molecular weight excluding hydrogens is 398 g/mol. The lowest BCUT2D eigenvalue weighted by Crippen LogP contribution is -2.56. The maximum Gasteiger partial charge on any atom is 0.237 e. The second kappa shape index (κ2) is 8.36. The molecule has 3 aliphatic heterocycles. The number of rotatable bonds is 4. The topological polar surface area (TPSA) is 52.6 Å². The van der Waals surface area contributed by atoms with Crippen molar-refractivity contribution in [2.45, 2.75) is 31.3 Å². The maximum absolute atomic E-state index is 12.9. The number of hydrogen-bond acceptors (Lipinski definition) is 5. The molecule has 0 radical (unpaired) electrons. The van der Waals surface area contributed by atoms with E-state index in [9.17, 15) is 4.79 Å². The van der Waals surface area contributed by atoms with Crippen LogP contribution in [0.15, 0.2) is 48.8 Å². The van der Waals surface area contributed by atoms with Gasteiger partial charge in [0.25, 0.3) is 0 Å². The molecule has 0 aliphatic carbocycles. The molecule has 4 heterocycles. The van der Waals surface area contributed by atoms with Crippen molar-refractivity contribution in [1.29, 1.82) is 0 Å². The van der Waals surface area contributed by atoms with Crippen LogP contribution in [0.2, 0.25) is 5.02 Å². The van der Waals surface area contributed by atoms with Gasteiger partial charge in [-0.1, -0.05) is 29.8 Å². The summed E-state index contributed by atoms with van der Waals surface area (Å²) in [4.78, 5) is 28.5. The smallest absolute Gasteiger partial charge is 0.237 e. The molecule has 0 spiro atoms. The van der Waals surface area contributed by atoms with Gasteiger partial charge in [-0.2, -0.15) is 0 Å². The Morgan fingerprint density at radius 1 is 1.07 bits per heavy atom. The van der Waals surface area contributed by atoms with E-state index in [1.165, 1.54) is 11.1 Å². The van der Waals surface area contributed by atoms with Crippen molar-refractivity contribution < 1.29 is 4.79 Å². The molecule has 30 heavy (non-hydrogen) atoms. The van der Waals surface area contributed by atoms with Gasteiger partial charge in [-0.15, -0.1) is 0 Å². The molecule has 5 rings (SSSR count). The third kappa shape index (κ3) is 3.94. The average Bonchev–Trinajstić information content (AvgIpc) is 3.05. The van der Waals surface area contributed by atoms with Crippen LogP contribution >= 0.6 is 11.6 Å². The third-order valence-corrected chi connectivity index (χ3v) is 6.73. The highest BCUT2D eigenvalue weighted by molar-refractivity contribution is 6.30. The molecule has 156 valence electrons. The number of nitrogens with zero attached hydrogens (tertiary/aromatic N) is 5. The van der Waals surface area contributed by atoms with Crippen LogP contribution in [0.5, 0.6) is 0 Å². The van der Waals surface area contributed by atoms with Crippen LogP contribution in [0.4, 0.5) is 5.95 Å². The van der Waals surface area contributed by atoms with Gasteiger partial charge in [0.2, 0.25) is 11.9 Å². The standard InChI is InChI=1S/C23H26ClN5O/c24-19-4-2-17(3-5-19)18-8-12-28(13-9-18)22(30)16-27-14-20-6-7-21(15-27)29(20)23-25-10-1-11-26-23/h1-5,8,10-11,20-21H,6-7,9,12-16H2. The van der Waals surface area contributed by atoms with Gasteiger partial charge < -0.3 is 9.80 Å². The molecular formula is C23H26ClN5O. The molecule has 1 aromatic carbocycles. The van der Waals surface area contributed by atoms with Gasteiger partial charge in [-0.3, -0.25) is 9.69 Å². The van der Waals surface area contributed by atoms with Gasteiger partial charge in [-0.05, 0) is 48.6 Å². The van der Waals surface area contributed by atoms with Crippen LogP contribution in [0.1, 0.15) is 24.8 Å². The summed E-state index contributed by atoms with van der Waals surface area (Å²) in [6, 6.07) is 10.6. The van der Waals surface area contributed by atoms with Crippen LogP contribution in [-0.2, 0) is 4.79 Å². The van der Waals surface area contributed by atoms with Crippen LogP contribution in [0.25, 0.3) is 5.57 Å². The lowest BCUT2D eigenvalue weighted by atomic mass is 9.99. The number of amides is 1. The molecule has 0 saturated carbocycles. The number of carbonyl (C=O) groups excluding carboxylic acids is 1. The van der Waals surface area contributed by atoms with Gasteiger partial charge in [0.15, 0.2) is 0 Å². The lowest BCUT2D eigenvalue weighted by Gasteiger charge is -2.41. The summed E-state index contributed by atoms with van der Waals surface area (Å²) in [5, 5.41) is 0.750. The Hall–Kier alpha value is -2.44. The van der Waals surface area contributed by atoms with Crippen molar-refractivity contribution in [2.24, 2.45) is 0 Å². The van der Waals surface area contributed by atoms with Crippen LogP contribution < -0.4 is 4.90 Å². The van der Waals surface area contributed by atoms with Gasteiger partial charge in [0.05, 0.1) is 6.54 Å². The molecule has 2 fully saturated rings. The second-order valence-corrected chi connectivity index (χ2v) is 8.80. The first kappa shape index (κ1) is 19.5. The molecule has 6 nitrogen and oxygen atoms in total. The molecule has 2 atom stereocenters. The molecule has 1 aromatic heterocycles. The SMILES string of the molecule is O=C(CN1CC2CCC(C1)N2c1ncccn1)N1CC=C(c2ccc(Cl)cc2)CC1. The molecule has 2 bridgehead atoms. The molecule has 0 N–H and O–H groups in total. The fourth-order valence-electron chi connectivity index (χ4n) is 4.98. The van der Waals surface area contributed by atoms with Crippen LogP contribution in [0, 0.1) is 0 Å². The minimum absolute atomic E-state index is 0.227. The monoisotopic (exact) mass is 423 g/mol. The zero-order valence-electron chi connectivity index (χ0n) is 17.0. The first-order valence-corrected chi connectivity index (χ1v) is 11.1. The van der Waals surface area contributed by atoms with Crippen molar-refractivity contribution >= 4 is 29.0 Å². The van der Waals surface area contributed by atoms with Gasteiger partial charge in [0, 0.05) is 55.7 Å². The van der Waals surface area contributed by atoms with Crippen LogP contribution in [0.3, 0.4) is 0 Å². The number of anilines is 1. The number of likely N-dealkylation sites (tertiary alicyclic amines) is 1. The van der Waals surface area contributed by atoms with Gasteiger partial charge in [0.1, 0.15) is 0 Å². The van der Waals surface area contributed by atoms with E-state index in [1.807, 2.05) is 23.1 Å². The van der Waals surface area contributed by atoms with E-state index in [0.29, 0.717) is 25.2 Å². The Morgan fingerprint density at radius 2 is 1.77 bits per heavy atom. The highest BCUT2D eigenvalue weighted by Gasteiger charge is 2.41. The number of fused-ring (bicyclic) bond motifs is 2. The fraction of sp³-hybridized carbons (Fsp3) is 0.435. The second-order valence-electron chi connectivity index (χ2n) is 8.36. The molecule has 2 unspecified atom stereocenters. The highest BCUT2D eigenvalue weighted by atomic mass is 35.5. The van der Waals surface area contributed by atoms with Gasteiger partial charge >= 0.3 is 0 Å². The number of hydrogen-bond donors (Lipinski definition) is 0. The maximum atomic E-state index is 12.9. The Kier molecular flexibility index (Phi) is 5.44. The molecule has 3 aliphatic rings. The largest absolute Gasteiger partial charge is 0.338 e. The van der Waals surface area contributed by atoms with Crippen molar-refractivity contribution in [3.63, 3.8) is 0 Å². The van der Waals surface area contributed by atoms with Crippen molar-refractivity contribution in [2.75, 3.05) is 37.6 Å². The summed E-state index contributed by atoms with van der Waals surface area (Å²) in [6.45, 7) is 3.76.